The summed E-state index contributed by atoms with van der Waals surface area (Å²) in [5, 5.41) is 14.6. The second-order valence-corrected chi connectivity index (χ2v) is 7.48. The van der Waals surface area contributed by atoms with Crippen molar-refractivity contribution in [2.45, 2.75) is 38.8 Å². The number of aliphatic carboxylic acids is 1. The minimum absolute atomic E-state index is 0.123. The third kappa shape index (κ3) is 5.13. The highest BCUT2D eigenvalue weighted by Gasteiger charge is 2.29. The highest BCUT2D eigenvalue weighted by Crippen LogP contribution is 2.28. The van der Waals surface area contributed by atoms with Crippen molar-refractivity contribution < 1.29 is 24.2 Å². The van der Waals surface area contributed by atoms with Crippen molar-refractivity contribution in [2.24, 2.45) is 5.92 Å². The van der Waals surface area contributed by atoms with Crippen molar-refractivity contribution in [1.82, 2.24) is 5.32 Å². The fraction of sp³-hybridized carbons (Fsp3) is 0.318. The van der Waals surface area contributed by atoms with Gasteiger partial charge in [0.25, 0.3) is 11.8 Å². The van der Waals surface area contributed by atoms with Crippen LogP contribution in [0.25, 0.3) is 0 Å². The Hall–Kier alpha value is -3.35. The number of carboxylic acids is 1. The minimum atomic E-state index is -1.07. The normalized spacial score (nSPS) is 15.9. The average molecular weight is 396 g/mol. The molecule has 3 N–H and O–H groups in total. The van der Waals surface area contributed by atoms with Crippen molar-refractivity contribution in [3.8, 4) is 5.75 Å². The van der Waals surface area contributed by atoms with Gasteiger partial charge in [0.05, 0.1) is 0 Å². The first-order valence-corrected chi connectivity index (χ1v) is 9.52. The van der Waals surface area contributed by atoms with Crippen LogP contribution in [-0.2, 0) is 16.0 Å². The molecule has 0 fully saturated rings. The monoisotopic (exact) mass is 396 g/mol. The van der Waals surface area contributed by atoms with Crippen LogP contribution in [0.5, 0.6) is 5.75 Å². The second kappa shape index (κ2) is 8.77. The van der Waals surface area contributed by atoms with E-state index in [1.165, 1.54) is 6.07 Å². The van der Waals surface area contributed by atoms with Gasteiger partial charge in [-0.25, -0.2) is 4.79 Å². The van der Waals surface area contributed by atoms with Crippen LogP contribution >= 0.6 is 0 Å². The molecule has 3 rings (SSSR count). The van der Waals surface area contributed by atoms with Gasteiger partial charge in [0.2, 0.25) is 0 Å². The Bertz CT molecular complexity index is 900. The molecular formula is C22H24N2O5. The molecule has 2 aromatic rings. The molecule has 0 saturated heterocycles. The fourth-order valence-electron chi connectivity index (χ4n) is 3.22. The number of hydrogen-bond acceptors (Lipinski definition) is 4. The van der Waals surface area contributed by atoms with Gasteiger partial charge in [-0.3, -0.25) is 9.59 Å². The molecule has 29 heavy (non-hydrogen) atoms. The van der Waals surface area contributed by atoms with Gasteiger partial charge in [0.1, 0.15) is 11.8 Å². The third-order valence-corrected chi connectivity index (χ3v) is 4.64. The Kier molecular flexibility index (Phi) is 6.16. The Morgan fingerprint density at radius 3 is 2.59 bits per heavy atom. The number of carboxylic acid groups (broad SMARTS) is 1. The first-order chi connectivity index (χ1) is 13.8. The zero-order valence-corrected chi connectivity index (χ0v) is 16.3. The van der Waals surface area contributed by atoms with Gasteiger partial charge in [-0.05, 0) is 42.2 Å². The van der Waals surface area contributed by atoms with E-state index >= 15 is 0 Å². The van der Waals surface area contributed by atoms with E-state index in [1.54, 1.807) is 18.2 Å². The van der Waals surface area contributed by atoms with Gasteiger partial charge in [-0.15, -0.1) is 0 Å². The molecule has 1 aliphatic heterocycles. The number of amides is 2. The average Bonchev–Trinajstić information content (AvgIpc) is 3.11. The molecule has 2 aromatic carbocycles. The van der Waals surface area contributed by atoms with Gasteiger partial charge >= 0.3 is 5.97 Å². The summed E-state index contributed by atoms with van der Waals surface area (Å²) < 4.78 is 5.68. The maximum absolute atomic E-state index is 12.5. The van der Waals surface area contributed by atoms with Crippen molar-refractivity contribution in [3.63, 3.8) is 0 Å². The standard InChI is InChI=1S/C22H24N2O5/c1-13(2)10-17(22(27)28)24-20(25)15-7-5-8-16(11-15)23-21(26)19-12-14-6-3-4-9-18(14)29-19/h3-9,11,13,17,19H,10,12H2,1-2H3,(H,23,26)(H,24,25)(H,27,28)/t17-,19?/m1/s1. The molecular weight excluding hydrogens is 372 g/mol. The largest absolute Gasteiger partial charge is 0.480 e. The highest BCUT2D eigenvalue weighted by atomic mass is 16.5. The number of rotatable bonds is 7. The van der Waals surface area contributed by atoms with E-state index in [0.29, 0.717) is 24.3 Å². The van der Waals surface area contributed by atoms with Gasteiger partial charge in [0.15, 0.2) is 6.10 Å². The van der Waals surface area contributed by atoms with E-state index in [-0.39, 0.29) is 17.4 Å². The number of hydrogen-bond donors (Lipinski definition) is 3. The summed E-state index contributed by atoms with van der Waals surface area (Å²) in [6.07, 6.45) is 0.182. The molecule has 0 radical (unpaired) electrons. The predicted molar refractivity (Wildman–Crippen MR) is 108 cm³/mol. The van der Waals surface area contributed by atoms with E-state index < -0.39 is 24.0 Å². The topological polar surface area (TPSA) is 105 Å². The maximum Gasteiger partial charge on any atom is 0.326 e. The predicted octanol–water partition coefficient (Wildman–Crippen LogP) is 2.86. The number of carbonyl (C=O) groups excluding carboxylic acids is 2. The van der Waals surface area contributed by atoms with E-state index in [4.69, 9.17) is 4.74 Å². The number of benzene rings is 2. The maximum atomic E-state index is 12.5. The van der Waals surface area contributed by atoms with Gasteiger partial charge < -0.3 is 20.5 Å². The molecule has 0 bridgehead atoms. The van der Waals surface area contributed by atoms with E-state index in [1.807, 2.05) is 38.1 Å². The van der Waals surface area contributed by atoms with Crippen molar-refractivity contribution >= 4 is 23.5 Å². The number of carbonyl (C=O) groups is 3. The first kappa shape index (κ1) is 20.4. The lowest BCUT2D eigenvalue weighted by Gasteiger charge is -2.17. The summed E-state index contributed by atoms with van der Waals surface area (Å²) in [4.78, 5) is 36.4. The SMILES string of the molecule is CC(C)C[C@@H](NC(=O)c1cccc(NC(=O)C2Cc3ccccc3O2)c1)C(=O)O. The minimum Gasteiger partial charge on any atom is -0.480 e. The molecule has 0 aliphatic carbocycles. The lowest BCUT2D eigenvalue weighted by Crippen LogP contribution is -2.41. The van der Waals surface area contributed by atoms with Crippen LogP contribution < -0.4 is 15.4 Å². The lowest BCUT2D eigenvalue weighted by atomic mass is 10.0. The Labute approximate surface area is 169 Å². The first-order valence-electron chi connectivity index (χ1n) is 9.52. The number of fused-ring (bicyclic) bond motifs is 1. The van der Waals surface area contributed by atoms with Crippen LogP contribution in [0, 0.1) is 5.92 Å². The molecule has 1 unspecified atom stereocenters. The van der Waals surface area contributed by atoms with E-state index in [9.17, 15) is 19.5 Å². The lowest BCUT2D eigenvalue weighted by molar-refractivity contribution is -0.139. The van der Waals surface area contributed by atoms with Crippen molar-refractivity contribution in [2.75, 3.05) is 5.32 Å². The molecule has 2 amide bonds. The summed E-state index contributed by atoms with van der Waals surface area (Å²) >= 11 is 0. The van der Waals surface area contributed by atoms with Crippen molar-refractivity contribution in [1.29, 1.82) is 0 Å². The number of para-hydroxylation sites is 1. The Morgan fingerprint density at radius 1 is 1.14 bits per heavy atom. The second-order valence-electron chi connectivity index (χ2n) is 7.48. The molecule has 7 heteroatoms. The summed E-state index contributed by atoms with van der Waals surface area (Å²) in [5.41, 5.74) is 1.69. The molecule has 0 aromatic heterocycles. The molecule has 2 atom stereocenters. The zero-order valence-electron chi connectivity index (χ0n) is 16.3. The summed E-state index contributed by atoms with van der Waals surface area (Å²) in [6.45, 7) is 3.78. The van der Waals surface area contributed by atoms with Gasteiger partial charge in [-0.2, -0.15) is 0 Å². The van der Waals surface area contributed by atoms with Crippen LogP contribution in [0.3, 0.4) is 0 Å². The molecule has 1 aliphatic rings. The van der Waals surface area contributed by atoms with Crippen LogP contribution in [-0.4, -0.2) is 35.0 Å². The van der Waals surface area contributed by atoms with Gasteiger partial charge in [-0.1, -0.05) is 38.1 Å². The van der Waals surface area contributed by atoms with Crippen LogP contribution in [0.1, 0.15) is 36.2 Å². The van der Waals surface area contributed by atoms with E-state index in [0.717, 1.165) is 5.56 Å². The quantitative estimate of drug-likeness (QED) is 0.668. The summed E-state index contributed by atoms with van der Waals surface area (Å²) in [5.74, 6) is -1.06. The zero-order chi connectivity index (χ0) is 21.0. The van der Waals surface area contributed by atoms with Gasteiger partial charge in [0, 0.05) is 17.7 Å². The van der Waals surface area contributed by atoms with Crippen LogP contribution in [0.15, 0.2) is 48.5 Å². The van der Waals surface area contributed by atoms with Crippen molar-refractivity contribution in [3.05, 3.63) is 59.7 Å². The van der Waals surface area contributed by atoms with E-state index in [2.05, 4.69) is 10.6 Å². The fourth-order valence-corrected chi connectivity index (χ4v) is 3.22. The molecule has 0 spiro atoms. The van der Waals surface area contributed by atoms with Crippen LogP contribution in [0.2, 0.25) is 0 Å². The molecule has 7 nitrogen and oxygen atoms in total. The Balaban J connectivity index is 1.64. The Morgan fingerprint density at radius 2 is 1.90 bits per heavy atom. The molecule has 1 heterocycles. The molecule has 0 saturated carbocycles. The highest BCUT2D eigenvalue weighted by molar-refractivity contribution is 5.99. The van der Waals surface area contributed by atoms with Crippen LogP contribution in [0.4, 0.5) is 5.69 Å². The third-order valence-electron chi connectivity index (χ3n) is 4.64. The number of ether oxygens (including phenoxy) is 1. The number of nitrogens with one attached hydrogen (secondary N) is 2. The number of anilines is 1. The summed E-state index contributed by atoms with van der Waals surface area (Å²) in [7, 11) is 0. The smallest absolute Gasteiger partial charge is 0.326 e. The molecule has 152 valence electrons. The summed E-state index contributed by atoms with van der Waals surface area (Å²) in [6, 6.07) is 12.9.